The molecule has 6 heteroatoms. The molecular weight excluding hydrogens is 224 g/mol. The van der Waals surface area contributed by atoms with E-state index in [0.717, 1.165) is 0 Å². The Hall–Kier alpha value is -1.66. The number of hydrogen-bond acceptors (Lipinski definition) is 4. The largest absolute Gasteiger partial charge is 0.390 e. The fraction of sp³-hybridized carbons (Fsp3) is 0.455. The van der Waals surface area contributed by atoms with E-state index in [0.29, 0.717) is 12.0 Å². The fourth-order valence-corrected chi connectivity index (χ4v) is 1.86. The monoisotopic (exact) mass is 238 g/mol. The van der Waals surface area contributed by atoms with Crippen LogP contribution in [0.1, 0.15) is 18.2 Å². The minimum Gasteiger partial charge on any atom is -0.390 e. The number of aliphatic hydroxyl groups is 1. The summed E-state index contributed by atoms with van der Waals surface area (Å²) in [6.45, 7) is 5.15. The van der Waals surface area contributed by atoms with Gasteiger partial charge in [0.05, 0.1) is 6.10 Å². The molecule has 0 spiro atoms. The second kappa shape index (κ2) is 4.31. The SMILES string of the molecule is C=C[C@H]1O[C@@H](n2cc(C)c(=O)[nH]c2=O)CC1O. The molecule has 0 saturated carbocycles. The van der Waals surface area contributed by atoms with Crippen molar-refractivity contribution in [3.8, 4) is 0 Å². The molecule has 1 unspecified atom stereocenters. The maximum atomic E-state index is 11.6. The molecule has 17 heavy (non-hydrogen) atoms. The zero-order chi connectivity index (χ0) is 12.6. The molecular formula is C11H14N2O4. The molecule has 1 aliphatic heterocycles. The molecule has 1 aromatic heterocycles. The Bertz CT molecular complexity index is 545. The first kappa shape index (κ1) is 11.8. The zero-order valence-corrected chi connectivity index (χ0v) is 9.42. The Morgan fingerprint density at radius 2 is 2.35 bits per heavy atom. The van der Waals surface area contributed by atoms with Crippen LogP contribution in [0.5, 0.6) is 0 Å². The smallest absolute Gasteiger partial charge is 0.330 e. The van der Waals surface area contributed by atoms with E-state index in [-0.39, 0.29) is 0 Å². The summed E-state index contributed by atoms with van der Waals surface area (Å²) in [6, 6.07) is 0. The number of aliphatic hydroxyl groups excluding tert-OH is 1. The van der Waals surface area contributed by atoms with Crippen molar-refractivity contribution in [2.45, 2.75) is 31.8 Å². The third-order valence-electron chi connectivity index (χ3n) is 2.83. The van der Waals surface area contributed by atoms with Gasteiger partial charge in [-0.3, -0.25) is 14.3 Å². The molecule has 0 aromatic carbocycles. The summed E-state index contributed by atoms with van der Waals surface area (Å²) >= 11 is 0. The van der Waals surface area contributed by atoms with Crippen molar-refractivity contribution in [1.29, 1.82) is 0 Å². The summed E-state index contributed by atoms with van der Waals surface area (Å²) in [5, 5.41) is 9.65. The molecule has 2 rings (SSSR count). The highest BCUT2D eigenvalue weighted by Gasteiger charge is 2.33. The molecule has 92 valence electrons. The van der Waals surface area contributed by atoms with Crippen LogP contribution in [-0.4, -0.2) is 26.9 Å². The van der Waals surface area contributed by atoms with Gasteiger partial charge in [0.2, 0.25) is 0 Å². The second-order valence-corrected chi connectivity index (χ2v) is 4.07. The number of ether oxygens (including phenoxy) is 1. The van der Waals surface area contributed by atoms with Gasteiger partial charge < -0.3 is 9.84 Å². The van der Waals surface area contributed by atoms with Gasteiger partial charge in [-0.05, 0) is 6.92 Å². The maximum absolute atomic E-state index is 11.6. The van der Waals surface area contributed by atoms with Gasteiger partial charge in [0.1, 0.15) is 12.3 Å². The van der Waals surface area contributed by atoms with Gasteiger partial charge in [0.15, 0.2) is 0 Å². The third-order valence-corrected chi connectivity index (χ3v) is 2.83. The highest BCUT2D eigenvalue weighted by atomic mass is 16.5. The number of nitrogens with one attached hydrogen (secondary N) is 1. The van der Waals surface area contributed by atoms with Crippen molar-refractivity contribution in [2.75, 3.05) is 0 Å². The van der Waals surface area contributed by atoms with E-state index in [1.807, 2.05) is 0 Å². The topological polar surface area (TPSA) is 84.3 Å². The average molecular weight is 238 g/mol. The van der Waals surface area contributed by atoms with Crippen LogP contribution in [0.2, 0.25) is 0 Å². The lowest BCUT2D eigenvalue weighted by molar-refractivity contribution is 0.00490. The van der Waals surface area contributed by atoms with Crippen LogP contribution in [0.4, 0.5) is 0 Å². The molecule has 6 nitrogen and oxygen atoms in total. The highest BCUT2D eigenvalue weighted by Crippen LogP contribution is 2.27. The molecule has 1 saturated heterocycles. The van der Waals surface area contributed by atoms with Gasteiger partial charge in [0.25, 0.3) is 5.56 Å². The number of hydrogen-bond donors (Lipinski definition) is 2. The van der Waals surface area contributed by atoms with Crippen LogP contribution in [0, 0.1) is 6.92 Å². The molecule has 0 aliphatic carbocycles. The van der Waals surface area contributed by atoms with Crippen molar-refractivity contribution in [2.24, 2.45) is 0 Å². The van der Waals surface area contributed by atoms with E-state index < -0.39 is 29.7 Å². The van der Waals surface area contributed by atoms with Crippen molar-refractivity contribution in [1.82, 2.24) is 9.55 Å². The molecule has 0 bridgehead atoms. The Kier molecular flexibility index (Phi) is 2.99. The highest BCUT2D eigenvalue weighted by molar-refractivity contribution is 5.02. The maximum Gasteiger partial charge on any atom is 0.330 e. The van der Waals surface area contributed by atoms with E-state index in [2.05, 4.69) is 11.6 Å². The molecule has 1 aromatic rings. The van der Waals surface area contributed by atoms with Crippen molar-refractivity contribution in [3.63, 3.8) is 0 Å². The first-order valence-corrected chi connectivity index (χ1v) is 5.31. The van der Waals surface area contributed by atoms with Gasteiger partial charge in [-0.25, -0.2) is 4.79 Å². The van der Waals surface area contributed by atoms with Crippen molar-refractivity contribution < 1.29 is 9.84 Å². The summed E-state index contributed by atoms with van der Waals surface area (Å²) in [6.07, 6.45) is 1.48. The minimum absolute atomic E-state index is 0.294. The van der Waals surface area contributed by atoms with Gasteiger partial charge in [-0.1, -0.05) is 6.08 Å². The summed E-state index contributed by atoms with van der Waals surface area (Å²) in [5.74, 6) is 0. The van der Waals surface area contributed by atoms with Crippen LogP contribution in [0.3, 0.4) is 0 Å². The van der Waals surface area contributed by atoms with Crippen molar-refractivity contribution >= 4 is 0 Å². The van der Waals surface area contributed by atoms with E-state index in [1.54, 1.807) is 6.92 Å². The fourth-order valence-electron chi connectivity index (χ4n) is 1.86. The lowest BCUT2D eigenvalue weighted by atomic mass is 10.2. The van der Waals surface area contributed by atoms with E-state index in [4.69, 9.17) is 4.74 Å². The van der Waals surface area contributed by atoms with E-state index in [9.17, 15) is 14.7 Å². The van der Waals surface area contributed by atoms with Crippen LogP contribution in [0.25, 0.3) is 0 Å². The quantitative estimate of drug-likeness (QED) is 0.691. The van der Waals surface area contributed by atoms with Gasteiger partial charge in [-0.2, -0.15) is 0 Å². The van der Waals surface area contributed by atoms with Gasteiger partial charge in [-0.15, -0.1) is 6.58 Å². The molecule has 1 aliphatic rings. The second-order valence-electron chi connectivity index (χ2n) is 4.07. The number of aryl methyl sites for hydroxylation is 1. The first-order valence-electron chi connectivity index (χ1n) is 5.31. The van der Waals surface area contributed by atoms with Crippen LogP contribution in [0.15, 0.2) is 28.4 Å². The number of aromatic amines is 1. The summed E-state index contributed by atoms with van der Waals surface area (Å²) < 4.78 is 6.74. The molecule has 2 heterocycles. The van der Waals surface area contributed by atoms with Crippen LogP contribution in [-0.2, 0) is 4.74 Å². The summed E-state index contributed by atoms with van der Waals surface area (Å²) in [5.41, 5.74) is -0.530. The Morgan fingerprint density at radius 3 is 2.94 bits per heavy atom. The Labute approximate surface area is 97.2 Å². The zero-order valence-electron chi connectivity index (χ0n) is 9.42. The number of aromatic nitrogens is 2. The normalized spacial score (nSPS) is 28.2. The molecule has 1 fully saturated rings. The molecule has 3 atom stereocenters. The Morgan fingerprint density at radius 1 is 1.65 bits per heavy atom. The van der Waals surface area contributed by atoms with E-state index >= 15 is 0 Å². The molecule has 2 N–H and O–H groups in total. The van der Waals surface area contributed by atoms with E-state index in [1.165, 1.54) is 16.8 Å². The van der Waals surface area contributed by atoms with Gasteiger partial charge in [0, 0.05) is 18.2 Å². The predicted molar refractivity (Wildman–Crippen MR) is 60.8 cm³/mol. The summed E-state index contributed by atoms with van der Waals surface area (Å²) in [4.78, 5) is 25.0. The minimum atomic E-state index is -0.684. The average Bonchev–Trinajstić information content (AvgIpc) is 2.65. The predicted octanol–water partition coefficient (Wildman–Crippen LogP) is -0.321. The number of H-pyrrole nitrogens is 1. The third kappa shape index (κ3) is 2.09. The lowest BCUT2D eigenvalue weighted by Crippen LogP contribution is -2.33. The molecule has 0 radical (unpaired) electrons. The van der Waals surface area contributed by atoms with Crippen LogP contribution >= 0.6 is 0 Å². The van der Waals surface area contributed by atoms with Gasteiger partial charge >= 0.3 is 5.69 Å². The molecule has 0 amide bonds. The first-order chi connectivity index (χ1) is 8.02. The summed E-state index contributed by atoms with van der Waals surface area (Å²) in [7, 11) is 0. The number of nitrogens with zero attached hydrogens (tertiary/aromatic N) is 1. The number of rotatable bonds is 2. The Balaban J connectivity index is 2.37. The standard InChI is InChI=1S/C11H14N2O4/c1-3-8-7(14)4-9(17-8)13-5-6(2)10(15)12-11(13)16/h3,5,7-9,14H,1,4H2,2H3,(H,12,15,16)/t7?,8-,9-/m1/s1. The van der Waals surface area contributed by atoms with Crippen molar-refractivity contribution in [3.05, 3.63) is 45.3 Å². The van der Waals surface area contributed by atoms with Crippen LogP contribution < -0.4 is 11.2 Å². The lowest BCUT2D eigenvalue weighted by Gasteiger charge is -2.13.